The van der Waals surface area contributed by atoms with Crippen molar-refractivity contribution in [3.8, 4) is 0 Å². The van der Waals surface area contributed by atoms with Gasteiger partial charge in [0.1, 0.15) is 0 Å². The number of H-pyrrole nitrogens is 1. The Hall–Kier alpha value is -1.62. The zero-order chi connectivity index (χ0) is 9.10. The molecule has 2 heterocycles. The van der Waals surface area contributed by atoms with Crippen molar-refractivity contribution >= 4 is 0 Å². The Morgan fingerprint density at radius 1 is 1.54 bits per heavy atom. The summed E-state index contributed by atoms with van der Waals surface area (Å²) in [7, 11) is 0. The second-order valence-corrected chi connectivity index (χ2v) is 2.77. The van der Waals surface area contributed by atoms with Crippen molar-refractivity contribution in [3.63, 3.8) is 0 Å². The van der Waals surface area contributed by atoms with Crippen LogP contribution in [0, 0.1) is 0 Å². The van der Waals surface area contributed by atoms with Crippen LogP contribution >= 0.6 is 0 Å². The number of nitrogens with zero attached hydrogens (tertiary/aromatic N) is 3. The Morgan fingerprint density at radius 2 is 2.46 bits per heavy atom. The van der Waals surface area contributed by atoms with Gasteiger partial charge < -0.3 is 14.7 Å². The predicted molar refractivity (Wildman–Crippen MR) is 45.8 cm³/mol. The number of hydrogen-bond donors (Lipinski definition) is 2. The van der Waals surface area contributed by atoms with Crippen LogP contribution in [-0.4, -0.2) is 24.6 Å². The summed E-state index contributed by atoms with van der Waals surface area (Å²) < 4.78 is 1.89. The van der Waals surface area contributed by atoms with Crippen molar-refractivity contribution in [2.75, 3.05) is 0 Å². The predicted octanol–water partition coefficient (Wildman–Crippen LogP) is 0.147. The molecule has 2 aromatic rings. The number of nitrogens with one attached hydrogen (secondary N) is 1. The van der Waals surface area contributed by atoms with E-state index in [4.69, 9.17) is 5.11 Å². The molecule has 0 aliphatic heterocycles. The summed E-state index contributed by atoms with van der Waals surface area (Å²) in [6.45, 7) is 0.684. The maximum absolute atomic E-state index is 8.78. The molecule has 0 amide bonds. The number of rotatable bonds is 3. The number of aromatic nitrogens is 4. The van der Waals surface area contributed by atoms with Crippen LogP contribution in [-0.2, 0) is 13.2 Å². The second kappa shape index (κ2) is 3.40. The van der Waals surface area contributed by atoms with Crippen LogP contribution in [0.4, 0.5) is 0 Å². The van der Waals surface area contributed by atoms with Gasteiger partial charge in [0.15, 0.2) is 0 Å². The minimum absolute atomic E-state index is 0.0179. The van der Waals surface area contributed by atoms with E-state index >= 15 is 0 Å². The first-order valence-electron chi connectivity index (χ1n) is 3.97. The normalized spacial score (nSPS) is 10.5. The van der Waals surface area contributed by atoms with Gasteiger partial charge in [0.05, 0.1) is 37.2 Å². The number of aromatic amines is 1. The van der Waals surface area contributed by atoms with Crippen molar-refractivity contribution in [1.29, 1.82) is 0 Å². The average Bonchev–Trinajstić information content (AvgIpc) is 2.76. The Morgan fingerprint density at radius 3 is 3.08 bits per heavy atom. The summed E-state index contributed by atoms with van der Waals surface area (Å²) in [5.41, 5.74) is 1.70. The van der Waals surface area contributed by atoms with Gasteiger partial charge in [-0.05, 0) is 0 Å². The van der Waals surface area contributed by atoms with Crippen LogP contribution in [0.5, 0.6) is 0 Å². The molecule has 0 aliphatic carbocycles. The molecule has 0 spiro atoms. The molecule has 68 valence electrons. The first-order chi connectivity index (χ1) is 6.38. The van der Waals surface area contributed by atoms with E-state index in [0.717, 1.165) is 5.69 Å². The third-order valence-electron chi connectivity index (χ3n) is 1.76. The molecule has 2 N–H and O–H groups in total. The van der Waals surface area contributed by atoms with E-state index in [-0.39, 0.29) is 6.61 Å². The van der Waals surface area contributed by atoms with E-state index in [1.165, 1.54) is 0 Å². The second-order valence-electron chi connectivity index (χ2n) is 2.77. The third-order valence-corrected chi connectivity index (χ3v) is 1.76. The van der Waals surface area contributed by atoms with Crippen molar-refractivity contribution in [2.45, 2.75) is 13.2 Å². The molecule has 0 aliphatic rings. The summed E-state index contributed by atoms with van der Waals surface area (Å²) in [6.07, 6.45) is 6.89. The topological polar surface area (TPSA) is 66.7 Å². The molecule has 5 heteroatoms. The molecule has 0 radical (unpaired) electrons. The highest BCUT2D eigenvalue weighted by Gasteiger charge is 1.98. The Kier molecular flexibility index (Phi) is 2.09. The number of aliphatic hydroxyl groups is 1. The third kappa shape index (κ3) is 1.75. The minimum atomic E-state index is -0.0179. The van der Waals surface area contributed by atoms with Crippen LogP contribution in [0.15, 0.2) is 25.0 Å². The van der Waals surface area contributed by atoms with Gasteiger partial charge in [-0.2, -0.15) is 0 Å². The van der Waals surface area contributed by atoms with E-state index in [1.54, 1.807) is 25.0 Å². The van der Waals surface area contributed by atoms with Gasteiger partial charge in [0.25, 0.3) is 0 Å². The van der Waals surface area contributed by atoms with Gasteiger partial charge in [-0.25, -0.2) is 9.97 Å². The number of hydrogen-bond acceptors (Lipinski definition) is 3. The highest BCUT2D eigenvalue weighted by atomic mass is 16.3. The first kappa shape index (κ1) is 8.00. The lowest BCUT2D eigenvalue weighted by Gasteiger charge is -1.96. The maximum atomic E-state index is 8.78. The standard InChI is InChI=1S/C8H10N4O/c13-4-8-3-12(6-11-8)2-7-1-9-5-10-7/h1,3,5-6,13H,2,4H2,(H,9,10). The van der Waals surface area contributed by atoms with Gasteiger partial charge in [0.2, 0.25) is 0 Å². The highest BCUT2D eigenvalue weighted by Crippen LogP contribution is 1.99. The molecule has 0 unspecified atom stereocenters. The van der Waals surface area contributed by atoms with Crippen LogP contribution in [0.3, 0.4) is 0 Å². The van der Waals surface area contributed by atoms with Gasteiger partial charge in [-0.3, -0.25) is 0 Å². The van der Waals surface area contributed by atoms with Crippen LogP contribution in [0.25, 0.3) is 0 Å². The Bertz CT molecular complexity index is 365. The minimum Gasteiger partial charge on any atom is -0.390 e. The fourth-order valence-electron chi connectivity index (χ4n) is 1.14. The average molecular weight is 178 g/mol. The molecule has 0 bridgehead atoms. The molecule has 0 fully saturated rings. The smallest absolute Gasteiger partial charge is 0.0954 e. The van der Waals surface area contributed by atoms with Crippen LogP contribution < -0.4 is 0 Å². The van der Waals surface area contributed by atoms with Gasteiger partial charge in [-0.1, -0.05) is 0 Å². The lowest BCUT2D eigenvalue weighted by molar-refractivity contribution is 0.277. The Labute approximate surface area is 75.1 Å². The fraction of sp³-hybridized carbons (Fsp3) is 0.250. The molecule has 0 saturated heterocycles. The molecule has 0 aromatic carbocycles. The summed E-state index contributed by atoms with van der Waals surface area (Å²) in [5, 5.41) is 8.78. The lowest BCUT2D eigenvalue weighted by Crippen LogP contribution is -1.96. The molecule has 13 heavy (non-hydrogen) atoms. The SMILES string of the molecule is OCc1cn(Cc2cnc[nH]2)cn1. The van der Waals surface area contributed by atoms with Crippen molar-refractivity contribution in [2.24, 2.45) is 0 Å². The summed E-state index contributed by atoms with van der Waals surface area (Å²) in [6, 6.07) is 0. The zero-order valence-electron chi connectivity index (χ0n) is 7.01. The van der Waals surface area contributed by atoms with Gasteiger partial charge in [0, 0.05) is 12.4 Å². The zero-order valence-corrected chi connectivity index (χ0v) is 7.01. The molecular weight excluding hydrogens is 168 g/mol. The van der Waals surface area contributed by atoms with Crippen molar-refractivity contribution in [3.05, 3.63) is 36.4 Å². The van der Waals surface area contributed by atoms with Gasteiger partial charge >= 0.3 is 0 Å². The Balaban J connectivity index is 2.10. The molecule has 2 aromatic heterocycles. The van der Waals surface area contributed by atoms with Gasteiger partial charge in [-0.15, -0.1) is 0 Å². The summed E-state index contributed by atoms with van der Waals surface area (Å²) in [4.78, 5) is 10.9. The molecule has 5 nitrogen and oxygen atoms in total. The van der Waals surface area contributed by atoms with E-state index in [0.29, 0.717) is 12.2 Å². The summed E-state index contributed by atoms with van der Waals surface area (Å²) >= 11 is 0. The van der Waals surface area contributed by atoms with Crippen molar-refractivity contribution in [1.82, 2.24) is 19.5 Å². The maximum Gasteiger partial charge on any atom is 0.0954 e. The largest absolute Gasteiger partial charge is 0.390 e. The number of aliphatic hydroxyl groups excluding tert-OH is 1. The van der Waals surface area contributed by atoms with E-state index < -0.39 is 0 Å². The molecule has 2 rings (SSSR count). The molecule has 0 atom stereocenters. The first-order valence-corrected chi connectivity index (χ1v) is 3.97. The molecular formula is C8H10N4O. The quantitative estimate of drug-likeness (QED) is 0.702. The molecule has 0 saturated carbocycles. The van der Waals surface area contributed by atoms with E-state index in [1.807, 2.05) is 4.57 Å². The highest BCUT2D eigenvalue weighted by molar-refractivity contribution is 5.00. The summed E-state index contributed by atoms with van der Waals surface area (Å²) in [5.74, 6) is 0. The number of imidazole rings is 2. The lowest BCUT2D eigenvalue weighted by atomic mass is 10.4. The van der Waals surface area contributed by atoms with Crippen molar-refractivity contribution < 1.29 is 5.11 Å². The van der Waals surface area contributed by atoms with Crippen LogP contribution in [0.2, 0.25) is 0 Å². The van der Waals surface area contributed by atoms with Crippen LogP contribution in [0.1, 0.15) is 11.4 Å². The van der Waals surface area contributed by atoms with E-state index in [2.05, 4.69) is 15.0 Å². The van der Waals surface area contributed by atoms with E-state index in [9.17, 15) is 0 Å². The fourth-order valence-corrected chi connectivity index (χ4v) is 1.14. The monoisotopic (exact) mass is 178 g/mol.